The SMILES string of the molecule is Cc1csc(NC(=O)c2nc(Sc3nccn3C)ccc2Sc2ccc(F)cc2)n1. The fourth-order valence-electron chi connectivity index (χ4n) is 2.47. The summed E-state index contributed by atoms with van der Waals surface area (Å²) in [5.74, 6) is -0.660. The van der Waals surface area contributed by atoms with Gasteiger partial charge >= 0.3 is 0 Å². The van der Waals surface area contributed by atoms with Crippen LogP contribution in [0, 0.1) is 12.7 Å². The highest BCUT2D eigenvalue weighted by molar-refractivity contribution is 7.99. The lowest BCUT2D eigenvalue weighted by atomic mass is 10.3. The summed E-state index contributed by atoms with van der Waals surface area (Å²) in [5, 5.41) is 6.61. The van der Waals surface area contributed by atoms with Crippen LogP contribution in [-0.4, -0.2) is 25.4 Å². The zero-order valence-electron chi connectivity index (χ0n) is 16.0. The number of aromatic nitrogens is 4. The molecule has 6 nitrogen and oxygen atoms in total. The number of thiazole rings is 1. The first-order valence-electron chi connectivity index (χ1n) is 8.81. The molecule has 0 unspecified atom stereocenters. The Labute approximate surface area is 185 Å². The Hall–Kier alpha value is -2.69. The average molecular weight is 458 g/mol. The van der Waals surface area contributed by atoms with Gasteiger partial charge in [0.25, 0.3) is 5.91 Å². The summed E-state index contributed by atoms with van der Waals surface area (Å²) < 4.78 is 15.1. The van der Waals surface area contributed by atoms with Crippen LogP contribution in [-0.2, 0) is 7.05 Å². The number of carbonyl (C=O) groups is 1. The first kappa shape index (κ1) is 20.6. The van der Waals surface area contributed by atoms with E-state index in [1.807, 2.05) is 42.2 Å². The number of imidazole rings is 1. The molecule has 0 saturated heterocycles. The van der Waals surface area contributed by atoms with Gasteiger partial charge in [0.2, 0.25) is 0 Å². The van der Waals surface area contributed by atoms with E-state index in [1.54, 1.807) is 18.3 Å². The van der Waals surface area contributed by atoms with Gasteiger partial charge in [0.05, 0.1) is 5.69 Å². The van der Waals surface area contributed by atoms with Crippen LogP contribution in [0.25, 0.3) is 0 Å². The summed E-state index contributed by atoms with van der Waals surface area (Å²) >= 11 is 4.07. The Bertz CT molecular complexity index is 1190. The van der Waals surface area contributed by atoms with E-state index >= 15 is 0 Å². The lowest BCUT2D eigenvalue weighted by Crippen LogP contribution is -2.15. The fourth-order valence-corrected chi connectivity index (χ4v) is 4.83. The summed E-state index contributed by atoms with van der Waals surface area (Å²) in [4.78, 5) is 27.6. The number of nitrogens with one attached hydrogen (secondary N) is 1. The van der Waals surface area contributed by atoms with Crippen LogP contribution >= 0.6 is 34.9 Å². The van der Waals surface area contributed by atoms with Gasteiger partial charge in [-0.2, -0.15) is 0 Å². The van der Waals surface area contributed by atoms with Crippen molar-refractivity contribution in [1.82, 2.24) is 19.5 Å². The third-order valence-electron chi connectivity index (χ3n) is 3.90. The molecule has 4 aromatic rings. The molecule has 0 saturated carbocycles. The second-order valence-electron chi connectivity index (χ2n) is 6.22. The second kappa shape index (κ2) is 8.99. The molecule has 3 aromatic heterocycles. The van der Waals surface area contributed by atoms with E-state index in [2.05, 4.69) is 20.3 Å². The number of aryl methyl sites for hydroxylation is 2. The lowest BCUT2D eigenvalue weighted by Gasteiger charge is -2.10. The molecule has 0 aliphatic carbocycles. The fraction of sp³-hybridized carbons (Fsp3) is 0.100. The Morgan fingerprint density at radius 3 is 2.60 bits per heavy atom. The molecule has 0 spiro atoms. The van der Waals surface area contributed by atoms with E-state index in [0.29, 0.717) is 15.1 Å². The van der Waals surface area contributed by atoms with Gasteiger partial charge < -0.3 is 4.57 Å². The van der Waals surface area contributed by atoms with Crippen LogP contribution in [0.5, 0.6) is 0 Å². The first-order chi connectivity index (χ1) is 14.5. The third-order valence-corrected chi connectivity index (χ3v) is 6.85. The maximum absolute atomic E-state index is 13.2. The van der Waals surface area contributed by atoms with Gasteiger partial charge in [0.15, 0.2) is 10.3 Å². The zero-order valence-corrected chi connectivity index (χ0v) is 18.4. The maximum atomic E-state index is 13.2. The van der Waals surface area contributed by atoms with Crippen molar-refractivity contribution in [2.75, 3.05) is 5.32 Å². The summed E-state index contributed by atoms with van der Waals surface area (Å²) in [6, 6.07) is 9.80. The van der Waals surface area contributed by atoms with Crippen molar-refractivity contribution in [1.29, 1.82) is 0 Å². The molecule has 30 heavy (non-hydrogen) atoms. The molecule has 1 aromatic carbocycles. The van der Waals surface area contributed by atoms with Crippen molar-refractivity contribution in [2.45, 2.75) is 26.9 Å². The lowest BCUT2D eigenvalue weighted by molar-refractivity contribution is 0.101. The van der Waals surface area contributed by atoms with Gasteiger partial charge in [0.1, 0.15) is 16.5 Å². The molecular formula is C20H16FN5OS3. The number of nitrogens with zero attached hydrogens (tertiary/aromatic N) is 4. The van der Waals surface area contributed by atoms with Crippen LogP contribution in [0.15, 0.2) is 74.1 Å². The normalized spacial score (nSPS) is 10.9. The van der Waals surface area contributed by atoms with E-state index < -0.39 is 0 Å². The van der Waals surface area contributed by atoms with Crippen molar-refractivity contribution in [3.8, 4) is 0 Å². The van der Waals surface area contributed by atoms with Crippen molar-refractivity contribution in [3.05, 3.63) is 71.4 Å². The number of hydrogen-bond donors (Lipinski definition) is 1. The van der Waals surface area contributed by atoms with E-state index in [9.17, 15) is 9.18 Å². The highest BCUT2D eigenvalue weighted by atomic mass is 32.2. The van der Waals surface area contributed by atoms with Gasteiger partial charge in [-0.15, -0.1) is 11.3 Å². The van der Waals surface area contributed by atoms with Crippen LogP contribution < -0.4 is 5.32 Å². The third kappa shape index (κ3) is 4.89. The molecule has 3 heterocycles. The number of amides is 1. The standard InChI is InChI=1S/C20H16FN5OS3/c1-12-11-28-19(23-12)25-18(27)17-15(29-14-5-3-13(21)4-6-14)7-8-16(24-17)30-20-22-9-10-26(20)2/h3-11H,1-2H3,(H,23,25,27). The van der Waals surface area contributed by atoms with Crippen molar-refractivity contribution < 1.29 is 9.18 Å². The molecule has 10 heteroatoms. The zero-order chi connectivity index (χ0) is 21.1. The van der Waals surface area contributed by atoms with E-state index in [-0.39, 0.29) is 17.4 Å². The van der Waals surface area contributed by atoms with E-state index in [1.165, 1.54) is 47.0 Å². The van der Waals surface area contributed by atoms with Crippen LogP contribution in [0.2, 0.25) is 0 Å². The summed E-state index contributed by atoms with van der Waals surface area (Å²) in [6.45, 7) is 1.87. The summed E-state index contributed by atoms with van der Waals surface area (Å²) in [7, 11) is 1.90. The van der Waals surface area contributed by atoms with Gasteiger partial charge in [-0.25, -0.2) is 19.3 Å². The smallest absolute Gasteiger partial charge is 0.277 e. The van der Waals surface area contributed by atoms with Crippen molar-refractivity contribution in [2.24, 2.45) is 7.05 Å². The minimum Gasteiger partial charge on any atom is -0.329 e. The van der Waals surface area contributed by atoms with Crippen LogP contribution in [0.4, 0.5) is 9.52 Å². The Kier molecular flexibility index (Phi) is 6.16. The van der Waals surface area contributed by atoms with E-state index in [0.717, 1.165) is 15.7 Å². The second-order valence-corrected chi connectivity index (χ2v) is 9.18. The number of carbonyl (C=O) groups excluding carboxylic acids is 1. The molecule has 1 amide bonds. The molecule has 0 fully saturated rings. The first-order valence-corrected chi connectivity index (χ1v) is 11.3. The van der Waals surface area contributed by atoms with Crippen LogP contribution in [0.1, 0.15) is 16.2 Å². The Morgan fingerprint density at radius 2 is 1.93 bits per heavy atom. The number of halogens is 1. The maximum Gasteiger partial charge on any atom is 0.277 e. The van der Waals surface area contributed by atoms with Crippen molar-refractivity contribution in [3.63, 3.8) is 0 Å². The van der Waals surface area contributed by atoms with E-state index in [4.69, 9.17) is 0 Å². The van der Waals surface area contributed by atoms with Gasteiger partial charge in [-0.1, -0.05) is 11.8 Å². The number of benzene rings is 1. The highest BCUT2D eigenvalue weighted by Crippen LogP contribution is 2.33. The molecular weight excluding hydrogens is 441 g/mol. The minimum absolute atomic E-state index is 0.274. The van der Waals surface area contributed by atoms with Gasteiger partial charge in [-0.05, 0) is 55.1 Å². The topological polar surface area (TPSA) is 72.7 Å². The quantitative estimate of drug-likeness (QED) is 0.425. The minimum atomic E-state index is -0.351. The highest BCUT2D eigenvalue weighted by Gasteiger charge is 2.18. The largest absolute Gasteiger partial charge is 0.329 e. The monoisotopic (exact) mass is 457 g/mol. The predicted molar refractivity (Wildman–Crippen MR) is 117 cm³/mol. The predicted octanol–water partition coefficient (Wildman–Crippen LogP) is 5.27. The molecule has 1 N–H and O–H groups in total. The summed E-state index contributed by atoms with van der Waals surface area (Å²) in [6.07, 6.45) is 3.55. The number of pyridine rings is 1. The summed E-state index contributed by atoms with van der Waals surface area (Å²) in [5.41, 5.74) is 1.11. The molecule has 0 aliphatic rings. The molecule has 0 atom stereocenters. The number of anilines is 1. The molecule has 0 bridgehead atoms. The Morgan fingerprint density at radius 1 is 1.13 bits per heavy atom. The Balaban J connectivity index is 1.65. The number of rotatable bonds is 6. The molecule has 152 valence electrons. The molecule has 0 radical (unpaired) electrons. The van der Waals surface area contributed by atoms with Gasteiger partial charge in [0, 0.05) is 34.6 Å². The molecule has 4 rings (SSSR count). The number of hydrogen-bond acceptors (Lipinski definition) is 7. The van der Waals surface area contributed by atoms with Crippen LogP contribution in [0.3, 0.4) is 0 Å². The average Bonchev–Trinajstić information content (AvgIpc) is 3.32. The molecule has 0 aliphatic heterocycles. The van der Waals surface area contributed by atoms with Crippen molar-refractivity contribution >= 4 is 45.9 Å². The van der Waals surface area contributed by atoms with Gasteiger partial charge in [-0.3, -0.25) is 10.1 Å².